The fraction of sp³-hybridized carbons (Fsp3) is 0.0909. The highest BCUT2D eigenvalue weighted by Crippen LogP contribution is 2.23. The Morgan fingerprint density at radius 2 is 1.94 bits per heavy atom. The number of ketones is 1. The molecule has 0 saturated carbocycles. The maximum atomic E-state index is 11.5. The normalized spacial score (nSPS) is 10.3. The molecule has 0 spiro atoms. The molecule has 1 rings (SSSR count). The number of allylic oxidation sites excluding steroid dienone is 1. The fourth-order valence-electron chi connectivity index (χ4n) is 1.03. The van der Waals surface area contributed by atoms with Crippen molar-refractivity contribution in [1.29, 1.82) is 0 Å². The van der Waals surface area contributed by atoms with Crippen molar-refractivity contribution in [1.82, 2.24) is 0 Å². The Morgan fingerprint density at radius 1 is 1.25 bits per heavy atom. The molecule has 0 bridgehead atoms. The number of methoxy groups -OCH3 is 1. The van der Waals surface area contributed by atoms with Crippen LogP contribution in [-0.2, 0) is 9.53 Å². The van der Waals surface area contributed by atoms with Crippen molar-refractivity contribution in [2.24, 2.45) is 0 Å². The van der Waals surface area contributed by atoms with Gasteiger partial charge in [-0.3, -0.25) is 4.79 Å². The van der Waals surface area contributed by atoms with Gasteiger partial charge in [0.1, 0.15) is 11.5 Å². The molecule has 2 N–H and O–H groups in total. The third-order valence-corrected chi connectivity index (χ3v) is 1.82. The van der Waals surface area contributed by atoms with Gasteiger partial charge in [-0.05, 0) is 18.2 Å². The summed E-state index contributed by atoms with van der Waals surface area (Å²) >= 11 is 0. The molecule has 0 aliphatic carbocycles. The minimum Gasteiger partial charge on any atom is -0.508 e. The molecular weight excluding hydrogens is 212 g/mol. The Hall–Kier alpha value is -2.30. The lowest BCUT2D eigenvalue weighted by atomic mass is 10.1. The van der Waals surface area contributed by atoms with Gasteiger partial charge in [0.15, 0.2) is 5.78 Å². The van der Waals surface area contributed by atoms with Gasteiger partial charge in [-0.25, -0.2) is 4.79 Å². The van der Waals surface area contributed by atoms with Crippen LogP contribution in [0.15, 0.2) is 30.4 Å². The molecule has 0 radical (unpaired) electrons. The Bertz CT molecular complexity index is 448. The number of hydrogen-bond acceptors (Lipinski definition) is 5. The van der Waals surface area contributed by atoms with Gasteiger partial charge in [0, 0.05) is 12.1 Å². The summed E-state index contributed by atoms with van der Waals surface area (Å²) in [6.07, 6.45) is 1.94. The Morgan fingerprint density at radius 3 is 2.50 bits per heavy atom. The van der Waals surface area contributed by atoms with Crippen LogP contribution in [0.25, 0.3) is 0 Å². The molecule has 1 aromatic rings. The summed E-state index contributed by atoms with van der Waals surface area (Å²) < 4.78 is 4.31. The van der Waals surface area contributed by atoms with Crippen LogP contribution in [0, 0.1) is 0 Å². The van der Waals surface area contributed by atoms with E-state index in [1.165, 1.54) is 19.2 Å². The van der Waals surface area contributed by atoms with Crippen molar-refractivity contribution >= 4 is 11.8 Å². The highest BCUT2D eigenvalue weighted by Gasteiger charge is 2.09. The SMILES string of the molecule is COC(=O)/C=C/C(=O)c1ccc(O)cc1O. The molecule has 0 fully saturated rings. The minimum atomic E-state index is -0.661. The van der Waals surface area contributed by atoms with Crippen LogP contribution in [0.2, 0.25) is 0 Å². The first-order valence-corrected chi connectivity index (χ1v) is 4.37. The van der Waals surface area contributed by atoms with E-state index >= 15 is 0 Å². The van der Waals surface area contributed by atoms with Crippen LogP contribution < -0.4 is 0 Å². The van der Waals surface area contributed by atoms with Gasteiger partial charge in [-0.1, -0.05) is 0 Å². The van der Waals surface area contributed by atoms with Gasteiger partial charge < -0.3 is 14.9 Å². The summed E-state index contributed by atoms with van der Waals surface area (Å²) in [7, 11) is 1.19. The molecule has 0 aromatic heterocycles. The van der Waals surface area contributed by atoms with E-state index in [0.29, 0.717) is 0 Å². The lowest BCUT2D eigenvalue weighted by Gasteiger charge is -2.00. The number of phenolic OH excluding ortho intramolecular Hbond substituents is 2. The minimum absolute atomic E-state index is 0.00190. The topological polar surface area (TPSA) is 83.8 Å². The van der Waals surface area contributed by atoms with E-state index in [1.807, 2.05) is 0 Å². The lowest BCUT2D eigenvalue weighted by molar-refractivity contribution is -0.134. The maximum Gasteiger partial charge on any atom is 0.330 e. The fourth-order valence-corrected chi connectivity index (χ4v) is 1.03. The zero-order valence-electron chi connectivity index (χ0n) is 8.51. The van der Waals surface area contributed by atoms with Crippen LogP contribution in [-0.4, -0.2) is 29.1 Å². The van der Waals surface area contributed by atoms with E-state index in [9.17, 15) is 14.7 Å². The van der Waals surface area contributed by atoms with Crippen molar-refractivity contribution in [2.45, 2.75) is 0 Å². The van der Waals surface area contributed by atoms with E-state index < -0.39 is 11.8 Å². The highest BCUT2D eigenvalue weighted by molar-refractivity contribution is 6.08. The van der Waals surface area contributed by atoms with Crippen molar-refractivity contribution in [2.75, 3.05) is 7.11 Å². The Balaban J connectivity index is 2.89. The van der Waals surface area contributed by atoms with Crippen LogP contribution in [0.1, 0.15) is 10.4 Å². The quantitative estimate of drug-likeness (QED) is 0.453. The number of hydrogen-bond donors (Lipinski definition) is 2. The monoisotopic (exact) mass is 222 g/mol. The summed E-state index contributed by atoms with van der Waals surface area (Å²) in [5.74, 6) is -1.71. The number of carbonyl (C=O) groups is 2. The number of ether oxygens (including phenoxy) is 1. The Kier molecular flexibility index (Phi) is 3.66. The first-order valence-electron chi connectivity index (χ1n) is 4.37. The van der Waals surface area contributed by atoms with E-state index in [1.54, 1.807) is 0 Å². The van der Waals surface area contributed by atoms with Gasteiger partial charge in [-0.15, -0.1) is 0 Å². The zero-order valence-corrected chi connectivity index (χ0v) is 8.51. The van der Waals surface area contributed by atoms with Gasteiger partial charge in [-0.2, -0.15) is 0 Å². The first-order chi connectivity index (χ1) is 7.54. The molecular formula is C11H10O5. The first kappa shape index (κ1) is 11.8. The van der Waals surface area contributed by atoms with Gasteiger partial charge in [0.2, 0.25) is 0 Å². The van der Waals surface area contributed by atoms with Crippen LogP contribution in [0.5, 0.6) is 11.5 Å². The van der Waals surface area contributed by atoms with E-state index in [4.69, 9.17) is 5.11 Å². The molecule has 5 nitrogen and oxygen atoms in total. The largest absolute Gasteiger partial charge is 0.508 e. The molecule has 1 aromatic carbocycles. The number of carbonyl (C=O) groups excluding carboxylic acids is 2. The van der Waals surface area contributed by atoms with Crippen molar-refractivity contribution in [3.63, 3.8) is 0 Å². The predicted molar refractivity (Wildman–Crippen MR) is 55.3 cm³/mol. The van der Waals surface area contributed by atoms with Gasteiger partial charge >= 0.3 is 5.97 Å². The summed E-state index contributed by atoms with van der Waals surface area (Å²) in [5.41, 5.74) is -0.00190. The molecule has 0 aliphatic heterocycles. The van der Waals surface area contributed by atoms with E-state index in [2.05, 4.69) is 4.74 Å². The predicted octanol–water partition coefficient (Wildman–Crippen LogP) is 1.01. The molecule has 84 valence electrons. The summed E-state index contributed by atoms with van der Waals surface area (Å²) in [6, 6.07) is 3.56. The van der Waals surface area contributed by atoms with Gasteiger partial charge in [0.25, 0.3) is 0 Å². The molecule has 0 saturated heterocycles. The summed E-state index contributed by atoms with van der Waals surface area (Å²) in [6.45, 7) is 0. The second-order valence-corrected chi connectivity index (χ2v) is 2.92. The molecule has 0 aliphatic rings. The van der Waals surface area contributed by atoms with Crippen LogP contribution in [0.4, 0.5) is 0 Å². The molecule has 0 unspecified atom stereocenters. The lowest BCUT2D eigenvalue weighted by Crippen LogP contribution is -1.99. The molecule has 0 atom stereocenters. The highest BCUT2D eigenvalue weighted by atomic mass is 16.5. The maximum absolute atomic E-state index is 11.5. The number of esters is 1. The van der Waals surface area contributed by atoms with Crippen molar-refractivity contribution in [3.8, 4) is 11.5 Å². The average Bonchev–Trinajstić information content (AvgIpc) is 2.25. The van der Waals surface area contributed by atoms with Crippen molar-refractivity contribution in [3.05, 3.63) is 35.9 Å². The molecule has 0 heterocycles. The number of rotatable bonds is 3. The second kappa shape index (κ2) is 4.97. The second-order valence-electron chi connectivity index (χ2n) is 2.92. The Labute approximate surface area is 91.6 Å². The third kappa shape index (κ3) is 2.84. The number of benzene rings is 1. The van der Waals surface area contributed by atoms with E-state index in [0.717, 1.165) is 18.2 Å². The zero-order chi connectivity index (χ0) is 12.1. The molecule has 0 amide bonds. The van der Waals surface area contributed by atoms with Crippen LogP contribution >= 0.6 is 0 Å². The van der Waals surface area contributed by atoms with Gasteiger partial charge in [0.05, 0.1) is 12.7 Å². The number of phenols is 2. The standard InChI is InChI=1S/C11H10O5/c1-16-11(15)5-4-9(13)8-3-2-7(12)6-10(8)14/h2-6,12,14H,1H3/b5-4+. The average molecular weight is 222 g/mol. The summed E-state index contributed by atoms with van der Waals surface area (Å²) in [4.78, 5) is 22.2. The number of aromatic hydroxyl groups is 2. The smallest absolute Gasteiger partial charge is 0.330 e. The van der Waals surface area contributed by atoms with Crippen LogP contribution in [0.3, 0.4) is 0 Å². The van der Waals surface area contributed by atoms with E-state index in [-0.39, 0.29) is 17.1 Å². The van der Waals surface area contributed by atoms with Crippen molar-refractivity contribution < 1.29 is 24.5 Å². The third-order valence-electron chi connectivity index (χ3n) is 1.82. The molecule has 16 heavy (non-hydrogen) atoms. The molecule has 5 heteroatoms. The summed E-state index contributed by atoms with van der Waals surface area (Å²) in [5, 5.41) is 18.4.